The Kier molecular flexibility index (Phi) is 6.20. The first kappa shape index (κ1) is 24.8. The first-order chi connectivity index (χ1) is 18.2. The largest absolute Gasteiger partial charge is 0.478 e. The van der Waals surface area contributed by atoms with Crippen molar-refractivity contribution in [2.45, 2.75) is 24.8 Å². The predicted octanol–water partition coefficient (Wildman–Crippen LogP) is 5.30. The molecule has 0 aromatic heterocycles. The maximum atomic E-state index is 12.0. The van der Waals surface area contributed by atoms with Gasteiger partial charge in [0, 0.05) is 22.2 Å². The maximum absolute atomic E-state index is 12.0. The Labute approximate surface area is 220 Å². The van der Waals surface area contributed by atoms with Crippen LogP contribution in [0.5, 0.6) is 0 Å². The lowest BCUT2D eigenvalue weighted by molar-refractivity contribution is 0.0697. The number of anilines is 1. The van der Waals surface area contributed by atoms with Crippen molar-refractivity contribution in [3.8, 4) is 11.1 Å². The predicted molar refractivity (Wildman–Crippen MR) is 149 cm³/mol. The molecule has 7 heteroatoms. The summed E-state index contributed by atoms with van der Waals surface area (Å²) in [6.07, 6.45) is 0.723. The number of amides is 1. The molecular weight excluding hydrogens is 476 g/mol. The summed E-state index contributed by atoms with van der Waals surface area (Å²) in [5.74, 6) is -1.78. The van der Waals surface area contributed by atoms with Gasteiger partial charge in [-0.05, 0) is 70.6 Å². The number of carboxylic acids is 1. The van der Waals surface area contributed by atoms with Crippen molar-refractivity contribution in [1.29, 1.82) is 5.41 Å². The highest BCUT2D eigenvalue weighted by Crippen LogP contribution is 2.48. The third-order valence-corrected chi connectivity index (χ3v) is 7.41. The van der Waals surface area contributed by atoms with Crippen LogP contribution in [0.4, 0.5) is 5.69 Å². The van der Waals surface area contributed by atoms with E-state index >= 15 is 0 Å². The SMILES string of the molecule is C[C@]1(c2ccccc2)C[C@@H](c2cccc(-c3ccc(C(N)=O)cc3C(=O)O)c2)Nc2ccc(C(=N)N)cc21. The van der Waals surface area contributed by atoms with Crippen molar-refractivity contribution >= 4 is 23.4 Å². The fourth-order valence-electron chi connectivity index (χ4n) is 5.38. The summed E-state index contributed by atoms with van der Waals surface area (Å²) < 4.78 is 0. The molecule has 1 heterocycles. The summed E-state index contributed by atoms with van der Waals surface area (Å²) in [7, 11) is 0. The van der Waals surface area contributed by atoms with Crippen molar-refractivity contribution < 1.29 is 14.7 Å². The van der Waals surface area contributed by atoms with Crippen molar-refractivity contribution in [2.24, 2.45) is 11.5 Å². The highest BCUT2D eigenvalue weighted by Gasteiger charge is 2.39. The quantitative estimate of drug-likeness (QED) is 0.179. The molecule has 190 valence electrons. The zero-order valence-corrected chi connectivity index (χ0v) is 20.9. The van der Waals surface area contributed by atoms with Crippen LogP contribution in [0.1, 0.15) is 62.4 Å². The summed E-state index contributed by atoms with van der Waals surface area (Å²) in [6.45, 7) is 2.20. The number of primary amides is 1. The highest BCUT2D eigenvalue weighted by atomic mass is 16.4. The Morgan fingerprint density at radius 3 is 2.34 bits per heavy atom. The molecule has 0 aliphatic carbocycles. The molecule has 1 amide bonds. The number of carbonyl (C=O) groups excluding carboxylic acids is 1. The van der Waals surface area contributed by atoms with Gasteiger partial charge in [-0.1, -0.05) is 61.5 Å². The van der Waals surface area contributed by atoms with E-state index in [1.165, 1.54) is 6.07 Å². The number of carboxylic acid groups (broad SMARTS) is 1. The standard InChI is InChI=1S/C31H28N4O3/c1-31(22-8-3-2-4-9-22)17-27(35-26-13-11-20(28(32)33)16-25(26)31)19-7-5-6-18(14-19)23-12-10-21(29(34)36)15-24(23)30(37)38/h2-16,27,35H,17H2,1H3,(H3,32,33)(H2,34,36)(H,37,38)/t27-,31+/m0/s1. The lowest BCUT2D eigenvalue weighted by Gasteiger charge is -2.42. The number of nitrogens with one attached hydrogen (secondary N) is 2. The van der Waals surface area contributed by atoms with E-state index in [4.69, 9.17) is 16.9 Å². The number of nitrogen functional groups attached to an aromatic ring is 1. The summed E-state index contributed by atoms with van der Waals surface area (Å²) >= 11 is 0. The Hall–Kier alpha value is -4.91. The number of nitrogens with two attached hydrogens (primary N) is 2. The van der Waals surface area contributed by atoms with E-state index in [2.05, 4.69) is 24.4 Å². The first-order valence-corrected chi connectivity index (χ1v) is 12.3. The van der Waals surface area contributed by atoms with Crippen LogP contribution < -0.4 is 16.8 Å². The van der Waals surface area contributed by atoms with Crippen LogP contribution in [-0.2, 0) is 5.41 Å². The van der Waals surface area contributed by atoms with E-state index in [0.717, 1.165) is 34.4 Å². The molecule has 0 fully saturated rings. The second-order valence-corrected chi connectivity index (χ2v) is 9.83. The van der Waals surface area contributed by atoms with Crippen LogP contribution in [0.3, 0.4) is 0 Å². The average molecular weight is 505 g/mol. The van der Waals surface area contributed by atoms with Gasteiger partial charge in [0.1, 0.15) is 5.84 Å². The lowest BCUT2D eigenvalue weighted by Crippen LogP contribution is -2.35. The van der Waals surface area contributed by atoms with E-state index < -0.39 is 11.9 Å². The molecule has 0 saturated heterocycles. The Morgan fingerprint density at radius 2 is 1.66 bits per heavy atom. The first-order valence-electron chi connectivity index (χ1n) is 12.3. The van der Waals surface area contributed by atoms with E-state index in [0.29, 0.717) is 11.1 Å². The van der Waals surface area contributed by atoms with Gasteiger partial charge >= 0.3 is 5.97 Å². The molecular formula is C31H28N4O3. The number of benzene rings is 4. The summed E-state index contributed by atoms with van der Waals surface area (Å²) in [5, 5.41) is 21.4. The molecule has 1 aliphatic heterocycles. The third kappa shape index (κ3) is 4.39. The minimum atomic E-state index is -1.13. The molecule has 2 atom stereocenters. The molecule has 0 saturated carbocycles. The molecule has 1 aliphatic rings. The summed E-state index contributed by atoms with van der Waals surface area (Å²) in [5.41, 5.74) is 17.1. The normalized spacial score (nSPS) is 18.2. The fourth-order valence-corrected chi connectivity index (χ4v) is 5.38. The number of fused-ring (bicyclic) bond motifs is 1. The molecule has 4 aromatic rings. The van der Waals surface area contributed by atoms with Crippen LogP contribution in [0.2, 0.25) is 0 Å². The molecule has 5 rings (SSSR count). The summed E-state index contributed by atoms with van der Waals surface area (Å²) in [4.78, 5) is 23.6. The van der Waals surface area contributed by atoms with E-state index in [1.54, 1.807) is 12.1 Å². The molecule has 0 bridgehead atoms. The third-order valence-electron chi connectivity index (χ3n) is 7.41. The molecule has 0 unspecified atom stereocenters. The molecule has 7 N–H and O–H groups in total. The molecule has 0 spiro atoms. The van der Waals surface area contributed by atoms with Gasteiger partial charge in [-0.15, -0.1) is 0 Å². The second kappa shape index (κ2) is 9.52. The highest BCUT2D eigenvalue weighted by molar-refractivity contribution is 6.01. The summed E-state index contributed by atoms with van der Waals surface area (Å²) in [6, 6.07) is 28.3. The molecule has 4 aromatic carbocycles. The minimum Gasteiger partial charge on any atom is -0.478 e. The van der Waals surface area contributed by atoms with Gasteiger partial charge in [0.25, 0.3) is 0 Å². The van der Waals surface area contributed by atoms with Gasteiger partial charge in [0.05, 0.1) is 11.6 Å². The van der Waals surface area contributed by atoms with E-state index in [9.17, 15) is 14.7 Å². The number of carbonyl (C=O) groups is 2. The number of hydrogen-bond donors (Lipinski definition) is 5. The average Bonchev–Trinajstić information content (AvgIpc) is 2.93. The van der Waals surface area contributed by atoms with Gasteiger partial charge in [0.15, 0.2) is 0 Å². The fraction of sp³-hybridized carbons (Fsp3) is 0.129. The van der Waals surface area contributed by atoms with Crippen molar-refractivity contribution in [2.75, 3.05) is 5.32 Å². The Bertz CT molecular complexity index is 1580. The van der Waals surface area contributed by atoms with Crippen molar-refractivity contribution in [1.82, 2.24) is 0 Å². The number of amidine groups is 1. The van der Waals surface area contributed by atoms with E-state index in [1.807, 2.05) is 60.7 Å². The van der Waals surface area contributed by atoms with Crippen LogP contribution in [0, 0.1) is 5.41 Å². The van der Waals surface area contributed by atoms with E-state index in [-0.39, 0.29) is 28.4 Å². The van der Waals surface area contributed by atoms with Crippen LogP contribution in [-0.4, -0.2) is 22.8 Å². The van der Waals surface area contributed by atoms with Gasteiger partial charge in [-0.2, -0.15) is 0 Å². The topological polar surface area (TPSA) is 142 Å². The minimum absolute atomic E-state index is 0.0197. The van der Waals surface area contributed by atoms with Crippen LogP contribution in [0.15, 0.2) is 91.0 Å². The Balaban J connectivity index is 1.60. The van der Waals surface area contributed by atoms with Gasteiger partial charge in [-0.3, -0.25) is 10.2 Å². The van der Waals surface area contributed by atoms with Gasteiger partial charge < -0.3 is 21.9 Å². The maximum Gasteiger partial charge on any atom is 0.336 e. The number of hydrogen-bond acceptors (Lipinski definition) is 4. The van der Waals surface area contributed by atoms with Crippen molar-refractivity contribution in [3.63, 3.8) is 0 Å². The van der Waals surface area contributed by atoms with Crippen molar-refractivity contribution in [3.05, 3.63) is 124 Å². The molecule has 0 radical (unpaired) electrons. The van der Waals surface area contributed by atoms with Crippen LogP contribution >= 0.6 is 0 Å². The smallest absolute Gasteiger partial charge is 0.336 e. The lowest BCUT2D eigenvalue weighted by atomic mass is 9.68. The number of rotatable bonds is 6. The number of aromatic carboxylic acids is 1. The van der Waals surface area contributed by atoms with Crippen LogP contribution in [0.25, 0.3) is 11.1 Å². The zero-order chi connectivity index (χ0) is 27.0. The second-order valence-electron chi connectivity index (χ2n) is 9.83. The van der Waals surface area contributed by atoms with Gasteiger partial charge in [-0.25, -0.2) is 4.79 Å². The zero-order valence-electron chi connectivity index (χ0n) is 20.9. The Morgan fingerprint density at radius 1 is 0.921 bits per heavy atom. The molecule has 38 heavy (non-hydrogen) atoms. The molecule has 7 nitrogen and oxygen atoms in total. The monoisotopic (exact) mass is 504 g/mol. The van der Waals surface area contributed by atoms with Gasteiger partial charge in [0.2, 0.25) is 5.91 Å².